The fourth-order valence-corrected chi connectivity index (χ4v) is 5.81. The first kappa shape index (κ1) is 20.7. The number of fused-ring (bicyclic) bond motifs is 2. The van der Waals surface area contributed by atoms with E-state index < -0.39 is 30.0 Å². The van der Waals surface area contributed by atoms with Gasteiger partial charge >= 0.3 is 0 Å². The molecule has 31 heavy (non-hydrogen) atoms. The van der Waals surface area contributed by atoms with Crippen LogP contribution in [0.15, 0.2) is 48.7 Å². The van der Waals surface area contributed by atoms with Gasteiger partial charge in [0.05, 0.1) is 16.7 Å². The molecule has 0 unspecified atom stereocenters. The van der Waals surface area contributed by atoms with E-state index in [1.54, 1.807) is 30.5 Å². The Hall–Kier alpha value is -2.16. The van der Waals surface area contributed by atoms with Gasteiger partial charge in [-0.15, -0.1) is 11.3 Å². The van der Waals surface area contributed by atoms with Crippen LogP contribution in [-0.2, 0) is 23.2 Å². The third-order valence-corrected chi connectivity index (χ3v) is 7.57. The molecule has 5 atom stereocenters. The molecule has 1 saturated heterocycles. The Kier molecular flexibility index (Phi) is 5.19. The summed E-state index contributed by atoms with van der Waals surface area (Å²) in [6.07, 6.45) is -1.28. The molecule has 2 aromatic heterocycles. The molecule has 1 aliphatic heterocycles. The van der Waals surface area contributed by atoms with Crippen molar-refractivity contribution in [2.24, 2.45) is 0 Å². The fraction of sp³-hybridized carbons (Fsp3) is 0.375. The van der Waals surface area contributed by atoms with Crippen LogP contribution in [0.25, 0.3) is 10.6 Å². The smallest absolute Gasteiger partial charge is 0.127 e. The van der Waals surface area contributed by atoms with Gasteiger partial charge in [0.15, 0.2) is 0 Å². The van der Waals surface area contributed by atoms with Gasteiger partial charge in [-0.05, 0) is 72.9 Å². The Morgan fingerprint density at radius 1 is 1.16 bits per heavy atom. The molecule has 2 aliphatic rings. The molecule has 0 amide bonds. The number of benzene rings is 1. The summed E-state index contributed by atoms with van der Waals surface area (Å²) in [5.74, 6) is -0.289. The van der Waals surface area contributed by atoms with Crippen molar-refractivity contribution in [3.05, 3.63) is 76.0 Å². The highest BCUT2D eigenvalue weighted by atomic mass is 32.1. The van der Waals surface area contributed by atoms with Gasteiger partial charge in [-0.3, -0.25) is 4.98 Å². The Morgan fingerprint density at radius 3 is 2.77 bits per heavy atom. The highest BCUT2D eigenvalue weighted by molar-refractivity contribution is 7.15. The average Bonchev–Trinajstić information content (AvgIpc) is 3.38. The van der Waals surface area contributed by atoms with Crippen LogP contribution < -0.4 is 0 Å². The summed E-state index contributed by atoms with van der Waals surface area (Å²) >= 11 is 1.57. The lowest BCUT2D eigenvalue weighted by Crippen LogP contribution is -2.61. The number of hydrogen-bond acceptors (Lipinski definition) is 6. The lowest BCUT2D eigenvalue weighted by molar-refractivity contribution is -0.268. The molecule has 162 valence electrons. The number of halogens is 1. The van der Waals surface area contributed by atoms with Gasteiger partial charge < -0.3 is 20.1 Å². The molecule has 1 aromatic carbocycles. The molecular formula is C24H24FNO4S. The summed E-state index contributed by atoms with van der Waals surface area (Å²) in [6.45, 7) is 1.68. The Labute approximate surface area is 183 Å². The molecule has 0 bridgehead atoms. The molecule has 1 aliphatic carbocycles. The predicted molar refractivity (Wildman–Crippen MR) is 115 cm³/mol. The van der Waals surface area contributed by atoms with E-state index in [-0.39, 0.29) is 5.82 Å². The zero-order valence-corrected chi connectivity index (χ0v) is 17.8. The van der Waals surface area contributed by atoms with Crippen LogP contribution in [0.3, 0.4) is 0 Å². The maximum Gasteiger partial charge on any atom is 0.127 e. The van der Waals surface area contributed by atoms with Gasteiger partial charge in [0.25, 0.3) is 0 Å². The molecule has 0 radical (unpaired) electrons. The molecule has 5 rings (SSSR count). The van der Waals surface area contributed by atoms with E-state index in [9.17, 15) is 19.7 Å². The van der Waals surface area contributed by atoms with Crippen LogP contribution in [0.1, 0.15) is 34.9 Å². The van der Waals surface area contributed by atoms with E-state index in [0.717, 1.165) is 21.0 Å². The van der Waals surface area contributed by atoms with Crippen LogP contribution in [0.5, 0.6) is 0 Å². The third-order valence-electron chi connectivity index (χ3n) is 6.47. The monoisotopic (exact) mass is 441 g/mol. The van der Waals surface area contributed by atoms with E-state index in [4.69, 9.17) is 4.74 Å². The average molecular weight is 442 g/mol. The van der Waals surface area contributed by atoms with Crippen molar-refractivity contribution in [3.8, 4) is 10.6 Å². The topological polar surface area (TPSA) is 82.8 Å². The molecule has 3 heterocycles. The maximum absolute atomic E-state index is 14.9. The minimum Gasteiger partial charge on any atom is -0.388 e. The van der Waals surface area contributed by atoms with Crippen molar-refractivity contribution in [2.75, 3.05) is 0 Å². The lowest BCUT2D eigenvalue weighted by atomic mass is 9.80. The fourth-order valence-electron chi connectivity index (χ4n) is 4.80. The summed E-state index contributed by atoms with van der Waals surface area (Å²) in [6, 6.07) is 13.0. The van der Waals surface area contributed by atoms with Gasteiger partial charge in [0.1, 0.15) is 29.7 Å². The molecule has 5 nitrogen and oxygen atoms in total. The van der Waals surface area contributed by atoms with Gasteiger partial charge in [-0.25, -0.2) is 4.39 Å². The Balaban J connectivity index is 1.48. The van der Waals surface area contributed by atoms with Crippen molar-refractivity contribution in [1.29, 1.82) is 0 Å². The molecule has 1 fully saturated rings. The normalized spacial score (nSPS) is 30.0. The summed E-state index contributed by atoms with van der Waals surface area (Å²) in [5, 5.41) is 31.3. The Bertz CT molecular complexity index is 1100. The van der Waals surface area contributed by atoms with E-state index in [2.05, 4.69) is 4.98 Å². The summed E-state index contributed by atoms with van der Waals surface area (Å²) < 4.78 is 21.0. The molecule has 3 N–H and O–H groups in total. The molecule has 3 aromatic rings. The summed E-state index contributed by atoms with van der Waals surface area (Å²) in [5.41, 5.74) is 1.74. The van der Waals surface area contributed by atoms with Gasteiger partial charge in [0.2, 0.25) is 0 Å². The third kappa shape index (κ3) is 3.41. The molecule has 7 heteroatoms. The number of aliphatic hydroxyl groups is 3. The number of aryl methyl sites for hydroxylation is 1. The van der Waals surface area contributed by atoms with Crippen LogP contribution in [-0.4, -0.2) is 44.7 Å². The highest BCUT2D eigenvalue weighted by Gasteiger charge is 2.55. The van der Waals surface area contributed by atoms with Crippen LogP contribution in [0, 0.1) is 5.82 Å². The number of ether oxygens (including phenoxy) is 1. The van der Waals surface area contributed by atoms with Crippen molar-refractivity contribution in [2.45, 2.75) is 56.2 Å². The predicted octanol–water partition coefficient (Wildman–Crippen LogP) is 3.18. The molecular weight excluding hydrogens is 417 g/mol. The Morgan fingerprint density at radius 2 is 2.00 bits per heavy atom. The second-order valence-electron chi connectivity index (χ2n) is 8.40. The maximum atomic E-state index is 14.9. The first-order chi connectivity index (χ1) is 14.9. The second kappa shape index (κ2) is 7.76. The van der Waals surface area contributed by atoms with Gasteiger partial charge in [-0.2, -0.15) is 0 Å². The number of hydrogen-bond donors (Lipinski definition) is 3. The van der Waals surface area contributed by atoms with E-state index >= 15 is 0 Å². The number of thiophene rings is 1. The van der Waals surface area contributed by atoms with E-state index in [1.807, 2.05) is 30.3 Å². The summed E-state index contributed by atoms with van der Waals surface area (Å²) in [4.78, 5) is 6.39. The zero-order valence-electron chi connectivity index (χ0n) is 17.0. The van der Waals surface area contributed by atoms with E-state index in [0.29, 0.717) is 30.4 Å². The number of pyridine rings is 1. The minimum absolute atomic E-state index is 0.289. The molecule has 0 saturated carbocycles. The van der Waals surface area contributed by atoms with Crippen LogP contribution in [0.4, 0.5) is 4.39 Å². The van der Waals surface area contributed by atoms with Crippen molar-refractivity contribution in [1.82, 2.24) is 4.98 Å². The lowest BCUT2D eigenvalue weighted by Gasteiger charge is -2.47. The second-order valence-corrected chi connectivity index (χ2v) is 9.57. The number of aliphatic hydroxyl groups excluding tert-OH is 3. The highest BCUT2D eigenvalue weighted by Crippen LogP contribution is 2.48. The molecule has 1 spiro atoms. The number of rotatable bonds is 3. The first-order valence-electron chi connectivity index (χ1n) is 10.4. The summed E-state index contributed by atoms with van der Waals surface area (Å²) in [7, 11) is 0. The first-order valence-corrected chi connectivity index (χ1v) is 11.2. The number of aromatic nitrogens is 1. The number of nitrogens with zero attached hydrogens (tertiary/aromatic N) is 1. The van der Waals surface area contributed by atoms with Crippen LogP contribution in [0.2, 0.25) is 0 Å². The van der Waals surface area contributed by atoms with Crippen molar-refractivity contribution < 1.29 is 24.4 Å². The quantitative estimate of drug-likeness (QED) is 0.582. The minimum atomic E-state index is -1.32. The standard InChI is InChI=1S/C24H24FNO4S/c1-13-21(27)22(28)23(29)24(30-13)8-7-14-12-18(25)15(11-17(14)24)10-16-5-6-20(31-16)19-4-2-3-9-26-19/h2-6,9,11-13,21-23,27-29H,7-8,10H2,1H3/t13-,21-,22+,23-,24+/m1/s1. The SMILES string of the molecule is C[C@H]1O[C@]2(CCc3cc(F)c(Cc4ccc(-c5ccccn5)s4)cc32)[C@H](O)[C@@H](O)[C@@H]1O. The van der Waals surface area contributed by atoms with E-state index in [1.165, 1.54) is 6.07 Å². The van der Waals surface area contributed by atoms with Gasteiger partial charge in [-0.1, -0.05) is 6.07 Å². The van der Waals surface area contributed by atoms with Crippen molar-refractivity contribution in [3.63, 3.8) is 0 Å². The van der Waals surface area contributed by atoms with Gasteiger partial charge in [0, 0.05) is 17.5 Å². The largest absolute Gasteiger partial charge is 0.388 e. The van der Waals surface area contributed by atoms with Crippen molar-refractivity contribution >= 4 is 11.3 Å². The zero-order chi connectivity index (χ0) is 21.8. The van der Waals surface area contributed by atoms with Crippen LogP contribution >= 0.6 is 11.3 Å².